The molecule has 0 aliphatic heterocycles. The van der Waals surface area contributed by atoms with Gasteiger partial charge < -0.3 is 5.32 Å². The number of hydrogen-bond acceptors (Lipinski definition) is 2. The van der Waals surface area contributed by atoms with Gasteiger partial charge in [-0.25, -0.2) is 0 Å². The van der Waals surface area contributed by atoms with E-state index in [0.717, 1.165) is 6.42 Å². The molecule has 0 radical (unpaired) electrons. The predicted molar refractivity (Wildman–Crippen MR) is 83.5 cm³/mol. The van der Waals surface area contributed by atoms with Gasteiger partial charge in [0.1, 0.15) is 0 Å². The van der Waals surface area contributed by atoms with Crippen molar-refractivity contribution in [1.29, 1.82) is 0 Å². The minimum absolute atomic E-state index is 0.288. The van der Waals surface area contributed by atoms with Crippen LogP contribution in [0.25, 0.3) is 0 Å². The first-order chi connectivity index (χ1) is 8.67. The number of benzene rings is 1. The van der Waals surface area contributed by atoms with Crippen LogP contribution in [0.5, 0.6) is 0 Å². The standard InChI is InChI=1S/C15H18BrNS/c1-4-11-7-5-6-8-12(11)14(17-3)13-9-10(2)15(16)18-13/h5-9,14,17H,4H2,1-3H3. The molecule has 2 aromatic rings. The Balaban J connectivity index is 2.45. The average molecular weight is 324 g/mol. The molecule has 0 saturated carbocycles. The molecular formula is C15H18BrNS. The summed E-state index contributed by atoms with van der Waals surface area (Å²) in [6, 6.07) is 11.2. The maximum Gasteiger partial charge on any atom is 0.0731 e. The number of rotatable bonds is 4. The minimum atomic E-state index is 0.288. The van der Waals surface area contributed by atoms with E-state index in [4.69, 9.17) is 0 Å². The van der Waals surface area contributed by atoms with Crippen molar-refractivity contribution >= 4 is 27.3 Å². The Bertz CT molecular complexity index is 514. The molecule has 0 spiro atoms. The molecule has 1 unspecified atom stereocenters. The predicted octanol–water partition coefficient (Wildman–Crippen LogP) is 4.69. The zero-order valence-corrected chi connectivity index (χ0v) is 13.4. The SMILES string of the molecule is CCc1ccccc1C(NC)c1cc(C)c(Br)s1. The molecule has 3 heteroatoms. The lowest BCUT2D eigenvalue weighted by atomic mass is 9.97. The normalized spacial score (nSPS) is 12.7. The highest BCUT2D eigenvalue weighted by molar-refractivity contribution is 9.11. The van der Waals surface area contributed by atoms with Crippen LogP contribution < -0.4 is 5.32 Å². The first-order valence-corrected chi connectivity index (χ1v) is 7.79. The summed E-state index contributed by atoms with van der Waals surface area (Å²) in [6.45, 7) is 4.35. The third-order valence-electron chi connectivity index (χ3n) is 3.20. The lowest BCUT2D eigenvalue weighted by Crippen LogP contribution is -2.18. The lowest BCUT2D eigenvalue weighted by Gasteiger charge is -2.18. The second-order valence-electron chi connectivity index (χ2n) is 4.38. The van der Waals surface area contributed by atoms with E-state index in [1.807, 2.05) is 18.4 Å². The van der Waals surface area contributed by atoms with Crippen molar-refractivity contribution in [3.05, 3.63) is 55.7 Å². The largest absolute Gasteiger partial charge is 0.309 e. The van der Waals surface area contributed by atoms with Crippen LogP contribution in [0.1, 0.15) is 34.5 Å². The Kier molecular flexibility index (Phi) is 4.60. The molecule has 1 aromatic heterocycles. The van der Waals surface area contributed by atoms with E-state index in [0.29, 0.717) is 0 Å². The van der Waals surface area contributed by atoms with Gasteiger partial charge in [0.2, 0.25) is 0 Å². The van der Waals surface area contributed by atoms with Gasteiger partial charge in [0.15, 0.2) is 0 Å². The zero-order valence-electron chi connectivity index (χ0n) is 11.0. The van der Waals surface area contributed by atoms with E-state index >= 15 is 0 Å². The van der Waals surface area contributed by atoms with Crippen molar-refractivity contribution in [2.45, 2.75) is 26.3 Å². The Morgan fingerprint density at radius 3 is 2.61 bits per heavy atom. The average Bonchev–Trinajstić information content (AvgIpc) is 2.71. The molecule has 0 amide bonds. The molecular weight excluding hydrogens is 306 g/mol. The van der Waals surface area contributed by atoms with Gasteiger partial charge in [-0.3, -0.25) is 0 Å². The van der Waals surface area contributed by atoms with Crippen molar-refractivity contribution in [2.75, 3.05) is 7.05 Å². The Hall–Kier alpha value is -0.640. The minimum Gasteiger partial charge on any atom is -0.309 e. The fourth-order valence-corrected chi connectivity index (χ4v) is 3.92. The summed E-state index contributed by atoms with van der Waals surface area (Å²) in [5.41, 5.74) is 4.11. The monoisotopic (exact) mass is 323 g/mol. The molecule has 2 rings (SSSR count). The van der Waals surface area contributed by atoms with Crippen LogP contribution in [-0.4, -0.2) is 7.05 Å². The maximum absolute atomic E-state index is 3.61. The summed E-state index contributed by atoms with van der Waals surface area (Å²) < 4.78 is 1.23. The van der Waals surface area contributed by atoms with Gasteiger partial charge in [-0.15, -0.1) is 11.3 Å². The highest BCUT2D eigenvalue weighted by Gasteiger charge is 2.17. The Labute approximate surface area is 121 Å². The van der Waals surface area contributed by atoms with Crippen molar-refractivity contribution < 1.29 is 0 Å². The van der Waals surface area contributed by atoms with Crippen molar-refractivity contribution in [1.82, 2.24) is 5.32 Å². The molecule has 1 aromatic carbocycles. The summed E-state index contributed by atoms with van der Waals surface area (Å²) in [5.74, 6) is 0. The molecule has 18 heavy (non-hydrogen) atoms. The second-order valence-corrected chi connectivity index (χ2v) is 6.78. The van der Waals surface area contributed by atoms with E-state index in [1.54, 1.807) is 0 Å². The summed E-state index contributed by atoms with van der Waals surface area (Å²) in [7, 11) is 2.03. The van der Waals surface area contributed by atoms with Gasteiger partial charge >= 0.3 is 0 Å². The molecule has 1 atom stereocenters. The smallest absolute Gasteiger partial charge is 0.0731 e. The summed E-state index contributed by atoms with van der Waals surface area (Å²) in [4.78, 5) is 1.36. The number of thiophene rings is 1. The number of halogens is 1. The molecule has 1 heterocycles. The van der Waals surface area contributed by atoms with Crippen molar-refractivity contribution in [3.63, 3.8) is 0 Å². The van der Waals surface area contributed by atoms with Crippen LogP contribution in [-0.2, 0) is 6.42 Å². The Morgan fingerprint density at radius 1 is 1.33 bits per heavy atom. The van der Waals surface area contributed by atoms with Gasteiger partial charge in [0.05, 0.1) is 9.83 Å². The van der Waals surface area contributed by atoms with Crippen LogP contribution >= 0.6 is 27.3 Å². The quantitative estimate of drug-likeness (QED) is 0.860. The third kappa shape index (κ3) is 2.68. The van der Waals surface area contributed by atoms with E-state index in [-0.39, 0.29) is 6.04 Å². The zero-order chi connectivity index (χ0) is 13.1. The van der Waals surface area contributed by atoms with Crippen molar-refractivity contribution in [3.8, 4) is 0 Å². The van der Waals surface area contributed by atoms with E-state index in [9.17, 15) is 0 Å². The van der Waals surface area contributed by atoms with Gasteiger partial charge in [-0.2, -0.15) is 0 Å². The summed E-state index contributed by atoms with van der Waals surface area (Å²) in [5, 5.41) is 3.44. The molecule has 1 nitrogen and oxygen atoms in total. The van der Waals surface area contributed by atoms with Gasteiger partial charge in [0.25, 0.3) is 0 Å². The highest BCUT2D eigenvalue weighted by atomic mass is 79.9. The van der Waals surface area contributed by atoms with E-state index < -0.39 is 0 Å². The second kappa shape index (κ2) is 6.00. The molecule has 96 valence electrons. The first-order valence-electron chi connectivity index (χ1n) is 6.18. The summed E-state index contributed by atoms with van der Waals surface area (Å²) in [6.07, 6.45) is 1.07. The number of nitrogens with one attached hydrogen (secondary N) is 1. The number of aryl methyl sites for hydroxylation is 2. The fraction of sp³-hybridized carbons (Fsp3) is 0.333. The molecule has 0 bridgehead atoms. The van der Waals surface area contributed by atoms with Crippen LogP contribution in [0.4, 0.5) is 0 Å². The highest BCUT2D eigenvalue weighted by Crippen LogP contribution is 2.35. The molecule has 0 aliphatic carbocycles. The van der Waals surface area contributed by atoms with E-state index in [2.05, 4.69) is 65.4 Å². The van der Waals surface area contributed by atoms with Gasteiger partial charge in [-0.05, 0) is 59.1 Å². The van der Waals surface area contributed by atoms with Crippen LogP contribution in [0, 0.1) is 6.92 Å². The molecule has 0 saturated heterocycles. The molecule has 0 fully saturated rings. The third-order valence-corrected chi connectivity index (χ3v) is 5.40. The van der Waals surface area contributed by atoms with Crippen LogP contribution in [0.3, 0.4) is 0 Å². The fourth-order valence-electron chi connectivity index (χ4n) is 2.21. The summed E-state index contributed by atoms with van der Waals surface area (Å²) >= 11 is 5.43. The topological polar surface area (TPSA) is 12.0 Å². The molecule has 0 aliphatic rings. The van der Waals surface area contributed by atoms with E-state index in [1.165, 1.54) is 25.4 Å². The van der Waals surface area contributed by atoms with Gasteiger partial charge in [-0.1, -0.05) is 31.2 Å². The first kappa shape index (κ1) is 13.8. The van der Waals surface area contributed by atoms with Crippen LogP contribution in [0.2, 0.25) is 0 Å². The lowest BCUT2D eigenvalue weighted by molar-refractivity contribution is 0.695. The number of hydrogen-bond donors (Lipinski definition) is 1. The Morgan fingerprint density at radius 2 is 2.06 bits per heavy atom. The van der Waals surface area contributed by atoms with Crippen molar-refractivity contribution in [2.24, 2.45) is 0 Å². The van der Waals surface area contributed by atoms with Crippen LogP contribution in [0.15, 0.2) is 34.1 Å². The molecule has 1 N–H and O–H groups in total. The van der Waals surface area contributed by atoms with Gasteiger partial charge in [0, 0.05) is 4.88 Å². The maximum atomic E-state index is 3.61.